The SMILES string of the molecule is CCOc1ccc(S(=O)(=O)NCCC(=O)NCCCCN)cc1. The molecular formula is C15H25N3O4S. The molecule has 8 heteroatoms. The van der Waals surface area contributed by atoms with E-state index in [0.717, 1.165) is 12.8 Å². The monoisotopic (exact) mass is 343 g/mol. The summed E-state index contributed by atoms with van der Waals surface area (Å²) >= 11 is 0. The number of sulfonamides is 1. The third-order valence-electron chi connectivity index (χ3n) is 3.04. The maximum Gasteiger partial charge on any atom is 0.240 e. The molecule has 7 nitrogen and oxygen atoms in total. The normalized spacial score (nSPS) is 11.2. The van der Waals surface area contributed by atoms with Crippen LogP contribution in [0.2, 0.25) is 0 Å². The molecule has 0 saturated carbocycles. The molecule has 1 aromatic rings. The van der Waals surface area contributed by atoms with Gasteiger partial charge in [0.05, 0.1) is 11.5 Å². The van der Waals surface area contributed by atoms with Crippen LogP contribution < -0.4 is 20.5 Å². The number of carbonyl (C=O) groups is 1. The van der Waals surface area contributed by atoms with E-state index in [1.54, 1.807) is 12.1 Å². The van der Waals surface area contributed by atoms with E-state index >= 15 is 0 Å². The zero-order chi connectivity index (χ0) is 17.1. The molecule has 1 aromatic carbocycles. The van der Waals surface area contributed by atoms with E-state index in [0.29, 0.717) is 25.4 Å². The standard InChI is InChI=1S/C15H25N3O4S/c1-2-22-13-5-7-14(8-6-13)23(20,21)18-12-9-15(19)17-11-4-3-10-16/h5-8,18H,2-4,9-12,16H2,1H3,(H,17,19). The number of unbranched alkanes of at least 4 members (excludes halogenated alkanes) is 1. The molecular weight excluding hydrogens is 318 g/mol. The predicted molar refractivity (Wildman–Crippen MR) is 88.7 cm³/mol. The molecule has 4 N–H and O–H groups in total. The van der Waals surface area contributed by atoms with E-state index in [-0.39, 0.29) is 23.8 Å². The predicted octanol–water partition coefficient (Wildman–Crippen LogP) is 0.609. The Bertz CT molecular complexity index is 573. The number of nitrogens with two attached hydrogens (primary N) is 1. The topological polar surface area (TPSA) is 111 Å². The molecule has 0 aromatic heterocycles. The van der Waals surface area contributed by atoms with Gasteiger partial charge < -0.3 is 15.8 Å². The Kier molecular flexibility index (Phi) is 8.60. The highest BCUT2D eigenvalue weighted by Crippen LogP contribution is 2.15. The van der Waals surface area contributed by atoms with Gasteiger partial charge in [0.25, 0.3) is 0 Å². The van der Waals surface area contributed by atoms with Crippen molar-refractivity contribution in [3.8, 4) is 5.75 Å². The zero-order valence-electron chi connectivity index (χ0n) is 13.4. The highest BCUT2D eigenvalue weighted by Gasteiger charge is 2.14. The second kappa shape index (κ2) is 10.2. The molecule has 0 spiro atoms. The van der Waals surface area contributed by atoms with Gasteiger partial charge in [0.2, 0.25) is 15.9 Å². The summed E-state index contributed by atoms with van der Waals surface area (Å²) in [7, 11) is -3.62. The number of benzene rings is 1. The Hall–Kier alpha value is -1.64. The number of nitrogens with one attached hydrogen (secondary N) is 2. The molecule has 0 unspecified atom stereocenters. The Morgan fingerprint density at radius 2 is 1.87 bits per heavy atom. The highest BCUT2D eigenvalue weighted by atomic mass is 32.2. The average Bonchev–Trinajstić information content (AvgIpc) is 2.52. The third kappa shape index (κ3) is 7.45. The number of hydrogen-bond donors (Lipinski definition) is 3. The minimum Gasteiger partial charge on any atom is -0.494 e. The molecule has 1 rings (SSSR count). The molecule has 0 atom stereocenters. The Morgan fingerprint density at radius 1 is 1.17 bits per heavy atom. The van der Waals surface area contributed by atoms with Crippen molar-refractivity contribution in [1.29, 1.82) is 0 Å². The van der Waals surface area contributed by atoms with Gasteiger partial charge in [0, 0.05) is 19.5 Å². The Balaban J connectivity index is 2.39. The lowest BCUT2D eigenvalue weighted by Crippen LogP contribution is -2.31. The van der Waals surface area contributed by atoms with Gasteiger partial charge in [-0.05, 0) is 50.6 Å². The fourth-order valence-corrected chi connectivity index (χ4v) is 2.88. The fourth-order valence-electron chi connectivity index (χ4n) is 1.85. The van der Waals surface area contributed by atoms with E-state index in [4.69, 9.17) is 10.5 Å². The zero-order valence-corrected chi connectivity index (χ0v) is 14.2. The molecule has 0 saturated heterocycles. The fraction of sp³-hybridized carbons (Fsp3) is 0.533. The maximum atomic E-state index is 12.1. The second-order valence-electron chi connectivity index (χ2n) is 4.90. The van der Waals surface area contributed by atoms with Crippen LogP contribution in [0, 0.1) is 0 Å². The number of carbonyl (C=O) groups excluding carboxylic acids is 1. The van der Waals surface area contributed by atoms with Gasteiger partial charge in [-0.25, -0.2) is 13.1 Å². The average molecular weight is 343 g/mol. The summed E-state index contributed by atoms with van der Waals surface area (Å²) in [5, 5.41) is 2.72. The summed E-state index contributed by atoms with van der Waals surface area (Å²) in [4.78, 5) is 11.7. The summed E-state index contributed by atoms with van der Waals surface area (Å²) in [6, 6.07) is 6.14. The van der Waals surface area contributed by atoms with Crippen molar-refractivity contribution in [2.45, 2.75) is 31.1 Å². The van der Waals surface area contributed by atoms with E-state index in [1.807, 2.05) is 6.92 Å². The number of amides is 1. The Morgan fingerprint density at radius 3 is 2.48 bits per heavy atom. The van der Waals surface area contributed by atoms with Crippen LogP contribution in [0.25, 0.3) is 0 Å². The lowest BCUT2D eigenvalue weighted by Gasteiger charge is -2.08. The van der Waals surface area contributed by atoms with Crippen molar-refractivity contribution < 1.29 is 17.9 Å². The molecule has 23 heavy (non-hydrogen) atoms. The van der Waals surface area contributed by atoms with Crippen LogP contribution in [-0.2, 0) is 14.8 Å². The van der Waals surface area contributed by atoms with Crippen LogP contribution >= 0.6 is 0 Å². The molecule has 0 heterocycles. The first-order chi connectivity index (χ1) is 11.0. The highest BCUT2D eigenvalue weighted by molar-refractivity contribution is 7.89. The van der Waals surface area contributed by atoms with Crippen molar-refractivity contribution in [2.75, 3.05) is 26.2 Å². The van der Waals surface area contributed by atoms with Crippen LogP contribution in [0.3, 0.4) is 0 Å². The molecule has 130 valence electrons. The summed E-state index contributed by atoms with van der Waals surface area (Å²) in [6.07, 6.45) is 1.77. The first-order valence-electron chi connectivity index (χ1n) is 7.69. The quantitative estimate of drug-likeness (QED) is 0.510. The van der Waals surface area contributed by atoms with Crippen molar-refractivity contribution in [3.05, 3.63) is 24.3 Å². The van der Waals surface area contributed by atoms with Gasteiger partial charge in [0.15, 0.2) is 0 Å². The minimum atomic E-state index is -3.62. The van der Waals surface area contributed by atoms with Crippen molar-refractivity contribution in [2.24, 2.45) is 5.73 Å². The molecule has 1 amide bonds. The van der Waals surface area contributed by atoms with Crippen molar-refractivity contribution >= 4 is 15.9 Å². The van der Waals surface area contributed by atoms with Crippen LogP contribution in [-0.4, -0.2) is 40.6 Å². The first-order valence-corrected chi connectivity index (χ1v) is 9.17. The second-order valence-corrected chi connectivity index (χ2v) is 6.66. The number of rotatable bonds is 11. The molecule has 0 bridgehead atoms. The van der Waals surface area contributed by atoms with Crippen LogP contribution in [0.15, 0.2) is 29.2 Å². The first kappa shape index (κ1) is 19.4. The van der Waals surface area contributed by atoms with E-state index in [2.05, 4.69) is 10.0 Å². The lowest BCUT2D eigenvalue weighted by atomic mass is 10.3. The summed E-state index contributed by atoms with van der Waals surface area (Å²) < 4.78 is 31.8. The smallest absolute Gasteiger partial charge is 0.240 e. The molecule has 0 radical (unpaired) electrons. The van der Waals surface area contributed by atoms with Gasteiger partial charge in [0.1, 0.15) is 5.75 Å². The van der Waals surface area contributed by atoms with Gasteiger partial charge in [-0.15, -0.1) is 0 Å². The van der Waals surface area contributed by atoms with Gasteiger partial charge >= 0.3 is 0 Å². The molecule has 0 aliphatic rings. The largest absolute Gasteiger partial charge is 0.494 e. The van der Waals surface area contributed by atoms with Crippen LogP contribution in [0.4, 0.5) is 0 Å². The molecule has 0 aliphatic heterocycles. The lowest BCUT2D eigenvalue weighted by molar-refractivity contribution is -0.120. The van der Waals surface area contributed by atoms with E-state index in [9.17, 15) is 13.2 Å². The van der Waals surface area contributed by atoms with Crippen molar-refractivity contribution in [3.63, 3.8) is 0 Å². The van der Waals surface area contributed by atoms with Crippen LogP contribution in [0.1, 0.15) is 26.2 Å². The Labute approximate surface area is 137 Å². The maximum absolute atomic E-state index is 12.1. The van der Waals surface area contributed by atoms with Gasteiger partial charge in [-0.3, -0.25) is 4.79 Å². The van der Waals surface area contributed by atoms with Gasteiger partial charge in [-0.1, -0.05) is 0 Å². The summed E-state index contributed by atoms with van der Waals surface area (Å²) in [5.74, 6) is 0.430. The van der Waals surface area contributed by atoms with Crippen molar-refractivity contribution in [1.82, 2.24) is 10.0 Å². The summed E-state index contributed by atoms with van der Waals surface area (Å²) in [5.41, 5.74) is 5.36. The number of hydrogen-bond acceptors (Lipinski definition) is 5. The van der Waals surface area contributed by atoms with E-state index < -0.39 is 10.0 Å². The molecule has 0 aliphatic carbocycles. The van der Waals surface area contributed by atoms with Crippen LogP contribution in [0.5, 0.6) is 5.75 Å². The minimum absolute atomic E-state index is 0.0538. The third-order valence-corrected chi connectivity index (χ3v) is 4.52. The summed E-state index contributed by atoms with van der Waals surface area (Å²) in [6.45, 7) is 3.58. The van der Waals surface area contributed by atoms with E-state index in [1.165, 1.54) is 12.1 Å². The van der Waals surface area contributed by atoms with Gasteiger partial charge in [-0.2, -0.15) is 0 Å². The molecule has 0 fully saturated rings. The number of ether oxygens (including phenoxy) is 1.